The monoisotopic (exact) mass is 466 g/mol. The first kappa shape index (κ1) is 23.1. The van der Waals surface area contributed by atoms with Gasteiger partial charge in [-0.1, -0.05) is 54.2 Å². The second-order valence-electron chi connectivity index (χ2n) is 7.38. The molecule has 0 aliphatic rings. The lowest BCUT2D eigenvalue weighted by Crippen LogP contribution is -2.04. The second-order valence-corrected chi connectivity index (χ2v) is 8.35. The van der Waals surface area contributed by atoms with Gasteiger partial charge in [-0.15, -0.1) is 0 Å². The van der Waals surface area contributed by atoms with E-state index in [-0.39, 0.29) is 11.5 Å². The van der Waals surface area contributed by atoms with Crippen LogP contribution in [0.4, 0.5) is 0 Å². The molecule has 6 heteroatoms. The van der Waals surface area contributed by atoms with Gasteiger partial charge >= 0.3 is 0 Å². The number of ether oxygens (including phenoxy) is 2. The number of ketones is 1. The van der Waals surface area contributed by atoms with Gasteiger partial charge in [0, 0.05) is 16.7 Å². The van der Waals surface area contributed by atoms with Crippen LogP contribution in [0.5, 0.6) is 11.5 Å². The molecule has 0 saturated heterocycles. The number of benzene rings is 3. The number of rotatable bonds is 8. The smallest absolute Gasteiger partial charge is 0.173 e. The number of nitrogens with zero attached hydrogens (tertiary/aromatic N) is 2. The van der Waals surface area contributed by atoms with E-state index in [9.17, 15) is 10.1 Å². The molecule has 0 amide bonds. The minimum atomic E-state index is -0.0165. The van der Waals surface area contributed by atoms with Crippen molar-refractivity contribution in [1.29, 1.82) is 5.26 Å². The highest BCUT2D eigenvalue weighted by molar-refractivity contribution is 8.00. The number of methoxy groups -OCH3 is 2. The van der Waals surface area contributed by atoms with Crippen LogP contribution in [-0.2, 0) is 0 Å². The Bertz CT molecular complexity index is 1330. The summed E-state index contributed by atoms with van der Waals surface area (Å²) in [5.41, 5.74) is 4.29. The van der Waals surface area contributed by atoms with Crippen molar-refractivity contribution in [2.24, 2.45) is 0 Å². The van der Waals surface area contributed by atoms with Crippen molar-refractivity contribution in [2.75, 3.05) is 20.0 Å². The molecule has 0 radical (unpaired) electrons. The lowest BCUT2D eigenvalue weighted by molar-refractivity contribution is 0.102. The zero-order chi connectivity index (χ0) is 23.9. The highest BCUT2D eigenvalue weighted by Crippen LogP contribution is 2.35. The maximum Gasteiger partial charge on any atom is 0.173 e. The summed E-state index contributed by atoms with van der Waals surface area (Å²) in [7, 11) is 3.23. The maximum absolute atomic E-state index is 12.7. The van der Waals surface area contributed by atoms with E-state index in [1.165, 1.54) is 11.8 Å². The topological polar surface area (TPSA) is 72.2 Å². The minimum absolute atomic E-state index is 0.0165. The van der Waals surface area contributed by atoms with Gasteiger partial charge in [0.2, 0.25) is 0 Å². The van der Waals surface area contributed by atoms with Gasteiger partial charge in [-0.2, -0.15) is 5.26 Å². The van der Waals surface area contributed by atoms with Crippen molar-refractivity contribution in [2.45, 2.75) is 5.03 Å². The average molecular weight is 467 g/mol. The third kappa shape index (κ3) is 5.11. The van der Waals surface area contributed by atoms with E-state index in [1.807, 2.05) is 72.8 Å². The molecule has 0 saturated carbocycles. The molecule has 1 heterocycles. The van der Waals surface area contributed by atoms with Crippen LogP contribution in [0.3, 0.4) is 0 Å². The fourth-order valence-electron chi connectivity index (χ4n) is 3.48. The van der Waals surface area contributed by atoms with Gasteiger partial charge < -0.3 is 9.47 Å². The van der Waals surface area contributed by atoms with Crippen LogP contribution in [-0.4, -0.2) is 30.7 Å². The third-order valence-electron chi connectivity index (χ3n) is 5.32. The normalized spacial score (nSPS) is 10.4. The molecule has 0 N–H and O–H groups in total. The van der Waals surface area contributed by atoms with E-state index in [2.05, 4.69) is 6.07 Å². The SMILES string of the molecule is COc1ccc(-c2cc(-c3ccc(OC)cc3)c(C#N)c(SCC(=O)c3ccccc3)n2)cc1. The van der Waals surface area contributed by atoms with Crippen LogP contribution in [0.1, 0.15) is 15.9 Å². The number of thioether (sulfide) groups is 1. The summed E-state index contributed by atoms with van der Waals surface area (Å²) in [5, 5.41) is 10.6. The largest absolute Gasteiger partial charge is 0.497 e. The molecule has 0 aliphatic heterocycles. The molecule has 5 nitrogen and oxygen atoms in total. The number of carbonyl (C=O) groups excluding carboxylic acids is 1. The van der Waals surface area contributed by atoms with Crippen molar-refractivity contribution in [3.8, 4) is 40.0 Å². The van der Waals surface area contributed by atoms with Crippen molar-refractivity contribution in [3.63, 3.8) is 0 Å². The van der Waals surface area contributed by atoms with Crippen LogP contribution in [0, 0.1) is 11.3 Å². The van der Waals surface area contributed by atoms with E-state index in [0.29, 0.717) is 21.8 Å². The summed E-state index contributed by atoms with van der Waals surface area (Å²) < 4.78 is 10.5. The summed E-state index contributed by atoms with van der Waals surface area (Å²) in [6, 6.07) is 28.5. The zero-order valence-electron chi connectivity index (χ0n) is 18.8. The average Bonchev–Trinajstić information content (AvgIpc) is 2.91. The predicted octanol–water partition coefficient (Wildman–Crippen LogP) is 6.28. The van der Waals surface area contributed by atoms with Gasteiger partial charge in [-0.25, -0.2) is 4.98 Å². The molecule has 0 atom stereocenters. The van der Waals surface area contributed by atoms with E-state index in [1.54, 1.807) is 26.4 Å². The Kier molecular flexibility index (Phi) is 7.26. The number of pyridine rings is 1. The Balaban J connectivity index is 1.77. The van der Waals surface area contributed by atoms with Crippen LogP contribution in [0.2, 0.25) is 0 Å². The number of hydrogen-bond donors (Lipinski definition) is 0. The van der Waals surface area contributed by atoms with Crippen molar-refractivity contribution in [1.82, 2.24) is 4.98 Å². The number of aromatic nitrogens is 1. The molecule has 168 valence electrons. The van der Waals surface area contributed by atoms with Gasteiger partial charge in [0.25, 0.3) is 0 Å². The summed E-state index contributed by atoms with van der Waals surface area (Å²) >= 11 is 1.28. The van der Waals surface area contributed by atoms with Crippen LogP contribution < -0.4 is 9.47 Å². The quantitative estimate of drug-likeness (QED) is 0.225. The Morgan fingerprint density at radius 2 is 1.47 bits per heavy atom. The first-order chi connectivity index (χ1) is 16.6. The van der Waals surface area contributed by atoms with Gasteiger partial charge in [0.15, 0.2) is 5.78 Å². The molecule has 1 aromatic heterocycles. The van der Waals surface area contributed by atoms with Gasteiger partial charge in [-0.3, -0.25) is 4.79 Å². The minimum Gasteiger partial charge on any atom is -0.497 e. The van der Waals surface area contributed by atoms with E-state index >= 15 is 0 Å². The van der Waals surface area contributed by atoms with Crippen molar-refractivity contribution < 1.29 is 14.3 Å². The summed E-state index contributed by atoms with van der Waals surface area (Å²) in [5.74, 6) is 1.64. The summed E-state index contributed by atoms with van der Waals surface area (Å²) in [4.78, 5) is 17.5. The zero-order valence-corrected chi connectivity index (χ0v) is 19.6. The molecule has 0 aliphatic carbocycles. The molecule has 0 unspecified atom stereocenters. The van der Waals surface area contributed by atoms with Crippen LogP contribution >= 0.6 is 11.8 Å². The van der Waals surface area contributed by atoms with Crippen molar-refractivity contribution in [3.05, 3.63) is 96.1 Å². The highest BCUT2D eigenvalue weighted by atomic mass is 32.2. The van der Waals surface area contributed by atoms with E-state index in [0.717, 1.165) is 28.2 Å². The standard InChI is InChI=1S/C28H22N2O3S/c1-32-22-12-8-19(9-13-22)24-16-26(20-10-14-23(33-2)15-11-20)30-28(25(24)17-29)34-18-27(31)21-6-4-3-5-7-21/h3-16H,18H2,1-2H3. The molecule has 4 rings (SSSR count). The van der Waals surface area contributed by atoms with Crippen molar-refractivity contribution >= 4 is 17.5 Å². The highest BCUT2D eigenvalue weighted by Gasteiger charge is 2.18. The second kappa shape index (κ2) is 10.7. The molecule has 3 aromatic carbocycles. The first-order valence-electron chi connectivity index (χ1n) is 10.6. The van der Waals surface area contributed by atoms with Gasteiger partial charge in [0.05, 0.1) is 31.2 Å². The fraction of sp³-hybridized carbons (Fsp3) is 0.107. The molecule has 0 fully saturated rings. The van der Waals surface area contributed by atoms with Gasteiger partial charge in [-0.05, 0) is 48.0 Å². The lowest BCUT2D eigenvalue weighted by Gasteiger charge is -2.13. The molecule has 0 bridgehead atoms. The predicted molar refractivity (Wildman–Crippen MR) is 134 cm³/mol. The number of hydrogen-bond acceptors (Lipinski definition) is 6. The number of nitriles is 1. The fourth-order valence-corrected chi connectivity index (χ4v) is 4.38. The molecule has 34 heavy (non-hydrogen) atoms. The Labute approximate surface area is 203 Å². The number of carbonyl (C=O) groups is 1. The first-order valence-corrected chi connectivity index (χ1v) is 11.6. The van der Waals surface area contributed by atoms with Crippen LogP contribution in [0.15, 0.2) is 90.0 Å². The molecular formula is C28H22N2O3S. The van der Waals surface area contributed by atoms with Gasteiger partial charge in [0.1, 0.15) is 22.6 Å². The Morgan fingerprint density at radius 3 is 2.03 bits per heavy atom. The molecule has 0 spiro atoms. The third-order valence-corrected chi connectivity index (χ3v) is 6.30. The summed E-state index contributed by atoms with van der Waals surface area (Å²) in [6.45, 7) is 0. The summed E-state index contributed by atoms with van der Waals surface area (Å²) in [6.07, 6.45) is 0. The van der Waals surface area contributed by atoms with E-state index < -0.39 is 0 Å². The molecular weight excluding hydrogens is 444 g/mol. The lowest BCUT2D eigenvalue weighted by atomic mass is 9.99. The Morgan fingerprint density at radius 1 is 0.882 bits per heavy atom. The molecule has 4 aromatic rings. The van der Waals surface area contributed by atoms with Crippen LogP contribution in [0.25, 0.3) is 22.4 Å². The maximum atomic E-state index is 12.7. The Hall–Kier alpha value is -4.08. The van der Waals surface area contributed by atoms with E-state index in [4.69, 9.17) is 14.5 Å². The number of Topliss-reactive ketones (excluding diaryl/α,β-unsaturated/α-hetero) is 1.